The number of carbonyl (C=O) groups is 1. The Labute approximate surface area is 207 Å². The molecule has 1 aromatic heterocycles. The number of aromatic nitrogens is 1. The van der Waals surface area contributed by atoms with Crippen molar-refractivity contribution in [2.45, 2.75) is 69.2 Å². The lowest BCUT2D eigenvalue weighted by Gasteiger charge is -2.30. The number of benzene rings is 1. The van der Waals surface area contributed by atoms with Gasteiger partial charge in [0.05, 0.1) is 10.4 Å². The third-order valence-corrected chi connectivity index (χ3v) is 9.62. The Hall–Kier alpha value is -1.84. The van der Waals surface area contributed by atoms with Gasteiger partial charge in [-0.2, -0.15) is 16.1 Å². The molecule has 1 fully saturated rings. The fourth-order valence-corrected chi connectivity index (χ4v) is 6.91. The van der Waals surface area contributed by atoms with E-state index in [9.17, 15) is 18.0 Å². The van der Waals surface area contributed by atoms with Gasteiger partial charge in [-0.3, -0.25) is 9.59 Å². The van der Waals surface area contributed by atoms with Crippen LogP contribution in [0.1, 0.15) is 68.6 Å². The molecule has 188 valence electrons. The molecule has 1 heterocycles. The molecule has 0 spiro atoms. The Kier molecular flexibility index (Phi) is 9.62. The van der Waals surface area contributed by atoms with Crippen molar-refractivity contribution in [1.82, 2.24) is 14.2 Å². The lowest BCUT2D eigenvalue weighted by Crippen LogP contribution is -2.38. The van der Waals surface area contributed by atoms with Crippen LogP contribution in [0.15, 0.2) is 34.1 Å². The van der Waals surface area contributed by atoms with Crippen molar-refractivity contribution < 1.29 is 13.2 Å². The van der Waals surface area contributed by atoms with Gasteiger partial charge < -0.3 is 9.88 Å². The van der Waals surface area contributed by atoms with Crippen molar-refractivity contribution in [3.8, 4) is 0 Å². The highest BCUT2D eigenvalue weighted by Crippen LogP contribution is 2.27. The van der Waals surface area contributed by atoms with E-state index >= 15 is 0 Å². The Bertz CT molecular complexity index is 1150. The Morgan fingerprint density at radius 2 is 1.88 bits per heavy atom. The van der Waals surface area contributed by atoms with Gasteiger partial charge >= 0.3 is 0 Å². The number of rotatable bonds is 11. The number of pyridine rings is 1. The third-order valence-electron chi connectivity index (χ3n) is 6.56. The molecule has 0 saturated heterocycles. The second-order valence-electron chi connectivity index (χ2n) is 9.05. The van der Waals surface area contributed by atoms with Crippen LogP contribution in [0.2, 0.25) is 0 Å². The molecule has 1 saturated carbocycles. The minimum atomic E-state index is -3.74. The number of unbranched alkanes of at least 4 members (excludes halogenated alkanes) is 1. The van der Waals surface area contributed by atoms with Crippen LogP contribution in [0.4, 0.5) is 0 Å². The molecule has 0 bridgehead atoms. The lowest BCUT2D eigenvalue weighted by atomic mass is 9.96. The Balaban J connectivity index is 1.80. The number of hydrogen-bond acceptors (Lipinski definition) is 5. The SMILES string of the molecule is CCCCSCCCNC(=O)c1cn(C)c2ccc(S(=O)(=O)N(C)C3CCCCC3)cc2c1=O. The van der Waals surface area contributed by atoms with E-state index in [-0.39, 0.29) is 21.9 Å². The van der Waals surface area contributed by atoms with Crippen LogP contribution >= 0.6 is 11.8 Å². The summed E-state index contributed by atoms with van der Waals surface area (Å²) in [6.45, 7) is 2.66. The molecule has 1 amide bonds. The average Bonchev–Trinajstić information content (AvgIpc) is 2.85. The maximum atomic E-state index is 13.3. The highest BCUT2D eigenvalue weighted by Gasteiger charge is 2.29. The minimum Gasteiger partial charge on any atom is -0.352 e. The summed E-state index contributed by atoms with van der Waals surface area (Å²) < 4.78 is 29.7. The van der Waals surface area contributed by atoms with E-state index in [1.54, 1.807) is 30.8 Å². The van der Waals surface area contributed by atoms with E-state index < -0.39 is 21.4 Å². The summed E-state index contributed by atoms with van der Waals surface area (Å²) in [5, 5.41) is 3.08. The Morgan fingerprint density at radius 3 is 2.59 bits per heavy atom. The van der Waals surface area contributed by atoms with E-state index in [1.165, 1.54) is 29.4 Å². The molecule has 2 aromatic rings. The maximum Gasteiger partial charge on any atom is 0.256 e. The predicted molar refractivity (Wildman–Crippen MR) is 140 cm³/mol. The van der Waals surface area contributed by atoms with E-state index in [2.05, 4.69) is 12.2 Å². The smallest absolute Gasteiger partial charge is 0.256 e. The molecule has 0 radical (unpaired) electrons. The van der Waals surface area contributed by atoms with Gasteiger partial charge in [-0.15, -0.1) is 0 Å². The molecule has 0 atom stereocenters. The van der Waals surface area contributed by atoms with Crippen LogP contribution in [-0.2, 0) is 17.1 Å². The predicted octanol–water partition coefficient (Wildman–Crippen LogP) is 4.14. The molecule has 0 unspecified atom stereocenters. The minimum absolute atomic E-state index is 0.0190. The fraction of sp³-hybridized carbons (Fsp3) is 0.600. The molecule has 0 aliphatic heterocycles. The standard InChI is InChI=1S/C25H37N3O4S2/c1-4-5-15-33-16-9-14-26-25(30)22-18-27(2)23-13-12-20(17-21(23)24(22)29)34(31,32)28(3)19-10-7-6-8-11-19/h12-13,17-19H,4-11,14-16H2,1-3H3,(H,26,30). The zero-order chi connectivity index (χ0) is 24.7. The monoisotopic (exact) mass is 507 g/mol. The first-order chi connectivity index (χ1) is 16.3. The topological polar surface area (TPSA) is 88.5 Å². The zero-order valence-electron chi connectivity index (χ0n) is 20.5. The fourth-order valence-electron chi connectivity index (χ4n) is 4.42. The highest BCUT2D eigenvalue weighted by atomic mass is 32.2. The van der Waals surface area contributed by atoms with Gasteiger partial charge in [0.1, 0.15) is 5.56 Å². The summed E-state index contributed by atoms with van der Waals surface area (Å²) in [7, 11) is -0.360. The van der Waals surface area contributed by atoms with Gasteiger partial charge in [0.2, 0.25) is 15.5 Å². The summed E-state index contributed by atoms with van der Waals surface area (Å²) in [6, 6.07) is 4.60. The molecular formula is C25H37N3O4S2. The summed E-state index contributed by atoms with van der Waals surface area (Å²) >= 11 is 1.87. The van der Waals surface area contributed by atoms with Crippen LogP contribution in [0, 0.1) is 0 Å². The summed E-state index contributed by atoms with van der Waals surface area (Å²) in [5.41, 5.74) is 0.178. The number of carbonyl (C=O) groups excluding carboxylic acids is 1. The van der Waals surface area contributed by atoms with Crippen LogP contribution in [0.5, 0.6) is 0 Å². The maximum absolute atomic E-state index is 13.3. The summed E-state index contributed by atoms with van der Waals surface area (Å²) in [5.74, 6) is 1.66. The van der Waals surface area contributed by atoms with Crippen molar-refractivity contribution in [1.29, 1.82) is 0 Å². The molecule has 1 aliphatic rings. The molecule has 1 aromatic carbocycles. The molecule has 1 aliphatic carbocycles. The van der Waals surface area contributed by atoms with Crippen LogP contribution in [0.25, 0.3) is 10.9 Å². The average molecular weight is 508 g/mol. The lowest BCUT2D eigenvalue weighted by molar-refractivity contribution is 0.0952. The first kappa shape index (κ1) is 26.8. The molecule has 3 rings (SSSR count). The van der Waals surface area contributed by atoms with Crippen molar-refractivity contribution >= 4 is 38.6 Å². The van der Waals surface area contributed by atoms with Crippen LogP contribution < -0.4 is 10.7 Å². The van der Waals surface area contributed by atoms with Crippen molar-refractivity contribution in [2.75, 3.05) is 25.1 Å². The van der Waals surface area contributed by atoms with Crippen LogP contribution in [0.3, 0.4) is 0 Å². The number of fused-ring (bicyclic) bond motifs is 1. The molecule has 34 heavy (non-hydrogen) atoms. The zero-order valence-corrected chi connectivity index (χ0v) is 22.1. The van der Waals surface area contributed by atoms with Gasteiger partial charge in [-0.1, -0.05) is 32.6 Å². The van der Waals surface area contributed by atoms with E-state index in [4.69, 9.17) is 0 Å². The first-order valence-electron chi connectivity index (χ1n) is 12.2. The number of hydrogen-bond donors (Lipinski definition) is 1. The number of nitrogens with zero attached hydrogens (tertiary/aromatic N) is 2. The number of nitrogens with one attached hydrogen (secondary N) is 1. The third kappa shape index (κ3) is 6.23. The number of thioether (sulfide) groups is 1. The molecular weight excluding hydrogens is 470 g/mol. The number of aryl methyl sites for hydroxylation is 1. The number of sulfonamides is 1. The van der Waals surface area contributed by atoms with E-state index in [1.807, 2.05) is 11.8 Å². The molecule has 9 heteroatoms. The van der Waals surface area contributed by atoms with Gasteiger partial charge in [-0.25, -0.2) is 8.42 Å². The highest BCUT2D eigenvalue weighted by molar-refractivity contribution is 7.99. The Morgan fingerprint density at radius 1 is 1.18 bits per heavy atom. The quantitative estimate of drug-likeness (QED) is 0.462. The van der Waals surface area contributed by atoms with Gasteiger partial charge in [0.15, 0.2) is 0 Å². The van der Waals surface area contributed by atoms with Crippen molar-refractivity contribution in [3.63, 3.8) is 0 Å². The number of amides is 1. The van der Waals surface area contributed by atoms with Crippen LogP contribution in [-0.4, -0.2) is 54.3 Å². The second kappa shape index (κ2) is 12.2. The van der Waals surface area contributed by atoms with E-state index in [0.717, 1.165) is 50.0 Å². The van der Waals surface area contributed by atoms with E-state index in [0.29, 0.717) is 12.1 Å². The van der Waals surface area contributed by atoms with Gasteiger partial charge in [-0.05, 0) is 55.4 Å². The normalized spacial score (nSPS) is 15.2. The largest absolute Gasteiger partial charge is 0.352 e. The van der Waals surface area contributed by atoms with Gasteiger partial charge in [0.25, 0.3) is 5.91 Å². The molecule has 1 N–H and O–H groups in total. The first-order valence-corrected chi connectivity index (χ1v) is 14.8. The van der Waals surface area contributed by atoms with Crippen molar-refractivity contribution in [3.05, 3.63) is 40.2 Å². The van der Waals surface area contributed by atoms with Gasteiger partial charge in [0, 0.05) is 38.3 Å². The second-order valence-corrected chi connectivity index (χ2v) is 12.3. The van der Waals surface area contributed by atoms with Crippen molar-refractivity contribution in [2.24, 2.45) is 7.05 Å². The molecule has 7 nitrogen and oxygen atoms in total. The summed E-state index contributed by atoms with van der Waals surface area (Å²) in [6.07, 6.45) is 9.63. The summed E-state index contributed by atoms with van der Waals surface area (Å²) in [4.78, 5) is 26.0.